The average molecular weight is 338 g/mol. The first-order valence-electron chi connectivity index (χ1n) is 9.61. The molecule has 0 aromatic heterocycles. The summed E-state index contributed by atoms with van der Waals surface area (Å²) in [5, 5.41) is 2.97. The smallest absolute Gasteiger partial charge is 0.236 e. The van der Waals surface area contributed by atoms with Gasteiger partial charge in [0.25, 0.3) is 0 Å². The molecule has 24 heavy (non-hydrogen) atoms. The number of carbonyl (C=O) groups is 2. The second-order valence-electron chi connectivity index (χ2n) is 7.19. The van der Waals surface area contributed by atoms with Gasteiger partial charge in [-0.2, -0.15) is 0 Å². The maximum absolute atomic E-state index is 12.5. The van der Waals surface area contributed by atoms with Crippen molar-refractivity contribution >= 4 is 11.8 Å². The first kappa shape index (κ1) is 19.2. The third-order valence-electron chi connectivity index (χ3n) is 5.17. The molecule has 0 bridgehead atoms. The zero-order valence-electron chi connectivity index (χ0n) is 15.4. The van der Waals surface area contributed by atoms with Crippen molar-refractivity contribution in [2.45, 2.75) is 52.0 Å². The molecular weight excluding hydrogens is 304 g/mol. The number of nitrogens with one attached hydrogen (secondary N) is 1. The Morgan fingerprint density at radius 3 is 2.29 bits per heavy atom. The lowest BCUT2D eigenvalue weighted by Gasteiger charge is -2.37. The summed E-state index contributed by atoms with van der Waals surface area (Å²) in [6.07, 6.45) is 5.65. The highest BCUT2D eigenvalue weighted by atomic mass is 16.2. The number of unbranched alkanes of at least 4 members (excludes halogenated alkanes) is 1. The standard InChI is InChI=1S/C18H34N4O2/c1-3-4-8-19-17(23)14-20-10-12-21(13-11-20)15-18(24)22-9-6-5-7-16(22)2/h16H,3-15H2,1-2H3,(H,19,23). The Labute approximate surface area is 146 Å². The summed E-state index contributed by atoms with van der Waals surface area (Å²) < 4.78 is 0. The summed E-state index contributed by atoms with van der Waals surface area (Å²) >= 11 is 0. The van der Waals surface area contributed by atoms with Crippen LogP contribution < -0.4 is 5.32 Å². The van der Waals surface area contributed by atoms with Gasteiger partial charge in [0.1, 0.15) is 0 Å². The van der Waals surface area contributed by atoms with Crippen molar-refractivity contribution in [3.05, 3.63) is 0 Å². The highest BCUT2D eigenvalue weighted by Crippen LogP contribution is 2.16. The number of piperidine rings is 1. The molecule has 2 fully saturated rings. The van der Waals surface area contributed by atoms with Crippen molar-refractivity contribution < 1.29 is 9.59 Å². The molecule has 2 rings (SSSR count). The number of hydrogen-bond donors (Lipinski definition) is 1. The highest BCUT2D eigenvalue weighted by molar-refractivity contribution is 5.79. The molecule has 6 heteroatoms. The van der Waals surface area contributed by atoms with Gasteiger partial charge in [0.05, 0.1) is 13.1 Å². The van der Waals surface area contributed by atoms with E-state index in [1.807, 2.05) is 0 Å². The summed E-state index contributed by atoms with van der Waals surface area (Å²) in [6.45, 7) is 10.5. The van der Waals surface area contributed by atoms with Crippen LogP contribution in [0.25, 0.3) is 0 Å². The monoisotopic (exact) mass is 338 g/mol. The van der Waals surface area contributed by atoms with E-state index < -0.39 is 0 Å². The van der Waals surface area contributed by atoms with Crippen LogP contribution in [0.4, 0.5) is 0 Å². The van der Waals surface area contributed by atoms with Gasteiger partial charge in [0.2, 0.25) is 11.8 Å². The molecule has 138 valence electrons. The van der Waals surface area contributed by atoms with Crippen LogP contribution in [0, 0.1) is 0 Å². The lowest BCUT2D eigenvalue weighted by atomic mass is 10.0. The molecule has 0 spiro atoms. The molecular formula is C18H34N4O2. The van der Waals surface area contributed by atoms with E-state index in [2.05, 4.69) is 33.9 Å². The van der Waals surface area contributed by atoms with E-state index in [0.29, 0.717) is 19.1 Å². The fourth-order valence-electron chi connectivity index (χ4n) is 3.52. The molecule has 2 amide bonds. The van der Waals surface area contributed by atoms with Gasteiger partial charge in [-0.3, -0.25) is 19.4 Å². The normalized spacial score (nSPS) is 23.2. The van der Waals surface area contributed by atoms with Crippen molar-refractivity contribution in [1.82, 2.24) is 20.0 Å². The summed E-state index contributed by atoms with van der Waals surface area (Å²) in [5.41, 5.74) is 0. The van der Waals surface area contributed by atoms with Crippen LogP contribution in [0.15, 0.2) is 0 Å². The van der Waals surface area contributed by atoms with E-state index in [9.17, 15) is 9.59 Å². The molecule has 0 radical (unpaired) electrons. The molecule has 0 saturated carbocycles. The van der Waals surface area contributed by atoms with Crippen LogP contribution in [0.5, 0.6) is 0 Å². The maximum Gasteiger partial charge on any atom is 0.236 e. The molecule has 0 aromatic carbocycles. The van der Waals surface area contributed by atoms with Gasteiger partial charge < -0.3 is 10.2 Å². The lowest BCUT2D eigenvalue weighted by Crippen LogP contribution is -2.53. The lowest BCUT2D eigenvalue weighted by molar-refractivity contribution is -0.136. The van der Waals surface area contributed by atoms with Crippen molar-refractivity contribution in [1.29, 1.82) is 0 Å². The highest BCUT2D eigenvalue weighted by Gasteiger charge is 2.26. The average Bonchev–Trinajstić information content (AvgIpc) is 2.57. The van der Waals surface area contributed by atoms with Crippen LogP contribution >= 0.6 is 0 Å². The molecule has 6 nitrogen and oxygen atoms in total. The Morgan fingerprint density at radius 2 is 1.67 bits per heavy atom. The van der Waals surface area contributed by atoms with Gasteiger partial charge >= 0.3 is 0 Å². The minimum absolute atomic E-state index is 0.120. The van der Waals surface area contributed by atoms with Crippen LogP contribution in [0.2, 0.25) is 0 Å². The number of carbonyl (C=O) groups excluding carboxylic acids is 2. The molecule has 0 aliphatic carbocycles. The van der Waals surface area contributed by atoms with E-state index in [1.54, 1.807) is 0 Å². The number of piperazine rings is 1. The Kier molecular flexibility index (Phi) is 7.99. The van der Waals surface area contributed by atoms with Crippen LogP contribution in [0.3, 0.4) is 0 Å². The number of rotatable bonds is 7. The molecule has 0 aromatic rings. The number of amides is 2. The van der Waals surface area contributed by atoms with Crippen molar-refractivity contribution in [2.24, 2.45) is 0 Å². The second-order valence-corrected chi connectivity index (χ2v) is 7.19. The molecule has 2 aliphatic rings. The zero-order valence-corrected chi connectivity index (χ0v) is 15.4. The van der Waals surface area contributed by atoms with Gasteiger partial charge in [-0.15, -0.1) is 0 Å². The van der Waals surface area contributed by atoms with E-state index in [0.717, 1.165) is 65.0 Å². The number of likely N-dealkylation sites (tertiary alicyclic amines) is 1. The molecule has 1 N–H and O–H groups in total. The summed E-state index contributed by atoms with van der Waals surface area (Å²) in [4.78, 5) is 30.8. The summed E-state index contributed by atoms with van der Waals surface area (Å²) in [6, 6.07) is 0.388. The van der Waals surface area contributed by atoms with E-state index >= 15 is 0 Å². The minimum atomic E-state index is 0.120. The van der Waals surface area contributed by atoms with Gasteiger partial charge in [-0.1, -0.05) is 13.3 Å². The fraction of sp³-hybridized carbons (Fsp3) is 0.889. The van der Waals surface area contributed by atoms with E-state index in [4.69, 9.17) is 0 Å². The Bertz CT molecular complexity index is 408. The second kappa shape index (κ2) is 9.99. The van der Waals surface area contributed by atoms with Gasteiger partial charge in [0.15, 0.2) is 0 Å². The fourth-order valence-corrected chi connectivity index (χ4v) is 3.52. The zero-order chi connectivity index (χ0) is 17.4. The summed E-state index contributed by atoms with van der Waals surface area (Å²) in [7, 11) is 0. The van der Waals surface area contributed by atoms with Gasteiger partial charge in [-0.25, -0.2) is 0 Å². The maximum atomic E-state index is 12.5. The first-order chi connectivity index (χ1) is 11.6. The molecule has 1 unspecified atom stereocenters. The Hall–Kier alpha value is -1.14. The van der Waals surface area contributed by atoms with Crippen LogP contribution in [0.1, 0.15) is 46.0 Å². The molecule has 2 saturated heterocycles. The summed E-state index contributed by atoms with van der Waals surface area (Å²) in [5.74, 6) is 0.392. The Balaban J connectivity index is 1.65. The predicted molar refractivity (Wildman–Crippen MR) is 95.8 cm³/mol. The molecule has 2 heterocycles. The predicted octanol–water partition coefficient (Wildman–Crippen LogP) is 0.921. The molecule has 1 atom stereocenters. The van der Waals surface area contributed by atoms with E-state index in [1.165, 1.54) is 6.42 Å². The Morgan fingerprint density at radius 1 is 1.00 bits per heavy atom. The molecule has 2 aliphatic heterocycles. The number of nitrogens with zero attached hydrogens (tertiary/aromatic N) is 3. The van der Waals surface area contributed by atoms with E-state index in [-0.39, 0.29) is 11.8 Å². The minimum Gasteiger partial charge on any atom is -0.355 e. The van der Waals surface area contributed by atoms with Crippen molar-refractivity contribution in [3.63, 3.8) is 0 Å². The van der Waals surface area contributed by atoms with Crippen molar-refractivity contribution in [2.75, 3.05) is 52.4 Å². The van der Waals surface area contributed by atoms with Gasteiger partial charge in [0, 0.05) is 45.3 Å². The van der Waals surface area contributed by atoms with Gasteiger partial charge in [-0.05, 0) is 32.6 Å². The van der Waals surface area contributed by atoms with Crippen molar-refractivity contribution in [3.8, 4) is 0 Å². The topological polar surface area (TPSA) is 55.9 Å². The quantitative estimate of drug-likeness (QED) is 0.702. The largest absolute Gasteiger partial charge is 0.355 e. The third-order valence-corrected chi connectivity index (χ3v) is 5.17. The van der Waals surface area contributed by atoms with Crippen LogP contribution in [-0.2, 0) is 9.59 Å². The van der Waals surface area contributed by atoms with Crippen LogP contribution in [-0.4, -0.2) is 84.9 Å². The first-order valence-corrected chi connectivity index (χ1v) is 9.61. The number of hydrogen-bond acceptors (Lipinski definition) is 4. The SMILES string of the molecule is CCCCNC(=O)CN1CCN(CC(=O)N2CCCCC2C)CC1. The third kappa shape index (κ3) is 6.06.